The van der Waals surface area contributed by atoms with Crippen molar-refractivity contribution in [1.29, 1.82) is 0 Å². The number of halogens is 2. The molecule has 0 aromatic heterocycles. The maximum Gasteiger partial charge on any atom is 0.326 e. The predicted molar refractivity (Wildman–Crippen MR) is 187 cm³/mol. The van der Waals surface area contributed by atoms with Gasteiger partial charge in [0, 0.05) is 52.1 Å². The van der Waals surface area contributed by atoms with Gasteiger partial charge in [0.05, 0.1) is 39.6 Å². The van der Waals surface area contributed by atoms with E-state index in [1.165, 1.54) is 4.90 Å². The summed E-state index contributed by atoms with van der Waals surface area (Å²) in [6, 6.07) is -2.51. The number of aliphatic carboxylic acids is 2. The zero-order valence-corrected chi connectivity index (χ0v) is 30.9. The first-order valence-electron chi connectivity index (χ1n) is 16.6. The van der Waals surface area contributed by atoms with Crippen molar-refractivity contribution < 1.29 is 67.5 Å². The Hall–Kier alpha value is -3.86. The van der Waals surface area contributed by atoms with Crippen LogP contribution in [0.25, 0.3) is 0 Å². The number of carboxylic acid groups (broad SMARTS) is 2. The van der Waals surface area contributed by atoms with Crippen molar-refractivity contribution in [3.63, 3.8) is 0 Å². The lowest BCUT2D eigenvalue weighted by Gasteiger charge is -2.23. The number of hydrogen-bond donors (Lipinski definition) is 8. The first kappa shape index (κ1) is 49.1. The Morgan fingerprint density at radius 2 is 1.13 bits per heavy atom. The van der Waals surface area contributed by atoms with Crippen LogP contribution in [0.5, 0.6) is 0 Å². The molecule has 0 aromatic rings. The molecule has 2 atom stereocenters. The highest BCUT2D eigenvalue weighted by atomic mass is 35.5. The van der Waals surface area contributed by atoms with E-state index >= 15 is 0 Å². The van der Waals surface area contributed by atoms with E-state index in [1.807, 2.05) is 0 Å². The molecule has 53 heavy (non-hydrogen) atoms. The summed E-state index contributed by atoms with van der Waals surface area (Å²) >= 11 is 11.1. The van der Waals surface area contributed by atoms with Crippen molar-refractivity contribution in [2.45, 2.75) is 37.8 Å². The monoisotopic (exact) mass is 803 g/mol. The van der Waals surface area contributed by atoms with E-state index in [4.69, 9.17) is 53.0 Å². The first-order valence-corrected chi connectivity index (χ1v) is 17.7. The molecule has 0 rings (SSSR count). The van der Waals surface area contributed by atoms with Crippen LogP contribution in [0.15, 0.2) is 0 Å². The van der Waals surface area contributed by atoms with Crippen LogP contribution in [0.3, 0.4) is 0 Å². The molecule has 0 unspecified atom stereocenters. The summed E-state index contributed by atoms with van der Waals surface area (Å²) in [5.41, 5.74) is 5.28. The van der Waals surface area contributed by atoms with Crippen molar-refractivity contribution in [2.75, 3.05) is 104 Å². The third-order valence-electron chi connectivity index (χ3n) is 6.61. The molecule has 6 amide bonds. The number of amides is 6. The van der Waals surface area contributed by atoms with E-state index in [0.29, 0.717) is 13.2 Å². The average molecular weight is 805 g/mol. The number of alkyl halides is 2. The van der Waals surface area contributed by atoms with E-state index in [9.17, 15) is 43.5 Å². The van der Waals surface area contributed by atoms with Crippen LogP contribution in [-0.2, 0) is 57.3 Å². The minimum Gasteiger partial charge on any atom is -0.481 e. The molecule has 0 aliphatic heterocycles. The molecule has 0 aromatic carbocycles. The summed E-state index contributed by atoms with van der Waals surface area (Å²) in [4.78, 5) is 96.4. The van der Waals surface area contributed by atoms with E-state index < -0.39 is 72.5 Å². The lowest BCUT2D eigenvalue weighted by atomic mass is 10.1. The summed E-state index contributed by atoms with van der Waals surface area (Å²) < 4.78 is 20.7. The van der Waals surface area contributed by atoms with Crippen LogP contribution in [-0.4, -0.2) is 178 Å². The highest BCUT2D eigenvalue weighted by molar-refractivity contribution is 6.27. The molecular weight excluding hydrogens is 753 g/mol. The summed E-state index contributed by atoms with van der Waals surface area (Å²) in [5.74, 6) is -6.46. The largest absolute Gasteiger partial charge is 0.481 e. The maximum absolute atomic E-state index is 12.7. The van der Waals surface area contributed by atoms with Crippen molar-refractivity contribution in [1.82, 2.24) is 31.5 Å². The van der Waals surface area contributed by atoms with Crippen LogP contribution in [0.1, 0.15) is 25.7 Å². The fourth-order valence-corrected chi connectivity index (χ4v) is 4.27. The second-order valence-electron chi connectivity index (χ2n) is 10.8. The van der Waals surface area contributed by atoms with Crippen LogP contribution in [0, 0.1) is 0 Å². The zero-order chi connectivity index (χ0) is 39.9. The lowest BCUT2D eigenvalue weighted by Crippen LogP contribution is -2.50. The van der Waals surface area contributed by atoms with Gasteiger partial charge < -0.3 is 66.4 Å². The third-order valence-corrected chi connectivity index (χ3v) is 7.08. The smallest absolute Gasteiger partial charge is 0.326 e. The van der Waals surface area contributed by atoms with Gasteiger partial charge in [-0.05, 0) is 12.8 Å². The van der Waals surface area contributed by atoms with Gasteiger partial charge in [0.15, 0.2) is 0 Å². The Kier molecular flexibility index (Phi) is 29.3. The second kappa shape index (κ2) is 31.6. The molecule has 0 heterocycles. The summed E-state index contributed by atoms with van der Waals surface area (Å²) in [6.07, 6.45) is -0.977. The zero-order valence-electron chi connectivity index (χ0n) is 29.4. The first-order chi connectivity index (χ1) is 25.3. The number of nitrogens with two attached hydrogens (primary N) is 1. The van der Waals surface area contributed by atoms with Gasteiger partial charge in [-0.25, -0.2) is 4.79 Å². The number of hydrogen-bond acceptors (Lipinski definition) is 13. The number of nitrogens with zero attached hydrogens (tertiary/aromatic N) is 1. The van der Waals surface area contributed by atoms with Gasteiger partial charge >= 0.3 is 11.9 Å². The number of rotatable bonds is 33. The topological polar surface area (TPSA) is 303 Å². The second-order valence-corrected chi connectivity index (χ2v) is 11.3. The summed E-state index contributed by atoms with van der Waals surface area (Å²) in [7, 11) is 0. The number of carboxylic acids is 2. The Balaban J connectivity index is 4.40. The normalized spacial score (nSPS) is 11.8. The van der Waals surface area contributed by atoms with E-state index in [-0.39, 0.29) is 103 Å². The lowest BCUT2D eigenvalue weighted by molar-refractivity contribution is -0.143. The SMILES string of the molecule is NCCOCCOCC(=O)N[C@@H](CCC(=O)NCCOCCOCC(=O)N[C@@H](CCC(=O)O)C(=O)NCCN(CCNC(=O)CCl)C(=O)CCl)C(=O)O. The number of nitrogens with one attached hydrogen (secondary N) is 5. The van der Waals surface area contributed by atoms with Gasteiger partial charge in [-0.1, -0.05) is 0 Å². The van der Waals surface area contributed by atoms with Crippen LogP contribution >= 0.6 is 23.2 Å². The molecule has 23 heteroatoms. The van der Waals surface area contributed by atoms with Crippen molar-refractivity contribution in [2.24, 2.45) is 5.73 Å². The highest BCUT2D eigenvalue weighted by Gasteiger charge is 2.23. The van der Waals surface area contributed by atoms with Gasteiger partial charge in [0.25, 0.3) is 0 Å². The van der Waals surface area contributed by atoms with Crippen molar-refractivity contribution in [3.05, 3.63) is 0 Å². The van der Waals surface area contributed by atoms with E-state index in [0.717, 1.165) is 0 Å². The van der Waals surface area contributed by atoms with Gasteiger partial charge in [-0.15, -0.1) is 23.2 Å². The molecule has 0 radical (unpaired) electrons. The molecule has 9 N–H and O–H groups in total. The summed E-state index contributed by atoms with van der Waals surface area (Å²) in [6.45, 7) is 0.532. The molecule has 0 saturated heterocycles. The Morgan fingerprint density at radius 3 is 1.68 bits per heavy atom. The molecule has 0 aliphatic carbocycles. The van der Waals surface area contributed by atoms with Gasteiger partial charge in [0.2, 0.25) is 35.4 Å². The number of carbonyl (C=O) groups is 8. The van der Waals surface area contributed by atoms with Gasteiger partial charge in [0.1, 0.15) is 37.1 Å². The van der Waals surface area contributed by atoms with Gasteiger partial charge in [-0.3, -0.25) is 33.6 Å². The Bertz CT molecular complexity index is 1150. The minimum atomic E-state index is -1.31. The van der Waals surface area contributed by atoms with Crippen LogP contribution in [0.4, 0.5) is 0 Å². The van der Waals surface area contributed by atoms with Crippen LogP contribution in [0.2, 0.25) is 0 Å². The standard InChI is InChI=1S/C30H51Cl2N7O14/c31-17-24(41)34-6-9-39(27(44)18-32)10-7-36-29(47)21(2-4-28(45)46)37-25(42)19-53-16-14-51-12-8-35-23(40)3-1-22(30(48)49)38-26(43)20-52-15-13-50-11-5-33/h21-22H,1-20,33H2,(H,34,41)(H,35,40)(H,36,47)(H,37,42)(H,38,43)(H,45,46)(H,48,49)/t21-,22-/m0/s1. The fourth-order valence-electron chi connectivity index (χ4n) is 4.01. The molecular formula is C30H51Cl2N7O14. The molecule has 0 fully saturated rings. The third kappa shape index (κ3) is 27.4. The Labute approximate surface area is 316 Å². The highest BCUT2D eigenvalue weighted by Crippen LogP contribution is 2.01. The number of ether oxygens (including phenoxy) is 4. The molecule has 0 saturated carbocycles. The number of carbonyl (C=O) groups excluding carboxylic acids is 6. The van der Waals surface area contributed by atoms with Crippen molar-refractivity contribution in [3.8, 4) is 0 Å². The predicted octanol–water partition coefficient (Wildman–Crippen LogP) is -3.63. The molecule has 0 bridgehead atoms. The van der Waals surface area contributed by atoms with Crippen molar-refractivity contribution >= 4 is 70.6 Å². The molecule has 0 aliphatic rings. The Morgan fingerprint density at radius 1 is 0.604 bits per heavy atom. The fraction of sp³-hybridized carbons (Fsp3) is 0.733. The maximum atomic E-state index is 12.7. The minimum absolute atomic E-state index is 0.0233. The molecule has 21 nitrogen and oxygen atoms in total. The van der Waals surface area contributed by atoms with Crippen LogP contribution < -0.4 is 32.3 Å². The summed E-state index contributed by atoms with van der Waals surface area (Å²) in [5, 5.41) is 30.7. The quantitative estimate of drug-likeness (QED) is 0.0235. The van der Waals surface area contributed by atoms with Gasteiger partial charge in [-0.2, -0.15) is 0 Å². The average Bonchev–Trinajstić information content (AvgIpc) is 3.12. The molecule has 0 spiro atoms. The van der Waals surface area contributed by atoms with E-state index in [1.54, 1.807) is 0 Å². The van der Waals surface area contributed by atoms with E-state index in [2.05, 4.69) is 26.6 Å². The molecule has 304 valence electrons.